The maximum atomic E-state index is 13.3. The van der Waals surface area contributed by atoms with E-state index in [0.29, 0.717) is 5.56 Å². The van der Waals surface area contributed by atoms with Gasteiger partial charge < -0.3 is 13.7 Å². The Bertz CT molecular complexity index is 1140. The van der Waals surface area contributed by atoms with E-state index in [1.165, 1.54) is 0 Å². The molecule has 5 rings (SSSR count). The van der Waals surface area contributed by atoms with E-state index in [1.54, 1.807) is 6.26 Å². The number of fused-ring (bicyclic) bond motifs is 2. The highest BCUT2D eigenvalue weighted by Crippen LogP contribution is 2.26. The summed E-state index contributed by atoms with van der Waals surface area (Å²) in [5.41, 5.74) is 3.22. The van der Waals surface area contributed by atoms with Gasteiger partial charge in [-0.05, 0) is 18.2 Å². The standard InChI is InChI=1S/C23H22N2O3/c26-23(18-6-5-17-7-12-28-22(17)15-18)20-16-25(21-4-2-1-3-19(20)21)9-8-24-10-13-27-14-11-24/h1-7,12,15-16H,8-11,13-14H2. The summed E-state index contributed by atoms with van der Waals surface area (Å²) in [5.74, 6) is 0.0274. The number of morpholine rings is 1. The molecule has 1 saturated heterocycles. The van der Waals surface area contributed by atoms with Crippen molar-refractivity contribution in [1.82, 2.24) is 9.47 Å². The van der Waals surface area contributed by atoms with E-state index in [0.717, 1.165) is 66.8 Å². The number of ether oxygens (including phenoxy) is 1. The topological polar surface area (TPSA) is 47.6 Å². The summed E-state index contributed by atoms with van der Waals surface area (Å²) in [7, 11) is 0. The summed E-state index contributed by atoms with van der Waals surface area (Å²) in [6.07, 6.45) is 3.65. The molecule has 5 heteroatoms. The molecule has 142 valence electrons. The van der Waals surface area contributed by atoms with E-state index in [4.69, 9.17) is 9.15 Å². The Kier molecular flexibility index (Phi) is 4.47. The Labute approximate surface area is 163 Å². The van der Waals surface area contributed by atoms with E-state index < -0.39 is 0 Å². The number of hydrogen-bond donors (Lipinski definition) is 0. The SMILES string of the molecule is O=C(c1ccc2ccoc2c1)c1cn(CCN2CCOCC2)c2ccccc12. The van der Waals surface area contributed by atoms with Crippen LogP contribution in [0.25, 0.3) is 21.9 Å². The van der Waals surface area contributed by atoms with E-state index in [-0.39, 0.29) is 5.78 Å². The van der Waals surface area contributed by atoms with Gasteiger partial charge in [0.1, 0.15) is 5.58 Å². The summed E-state index contributed by atoms with van der Waals surface area (Å²) in [4.78, 5) is 15.7. The van der Waals surface area contributed by atoms with Crippen LogP contribution in [0.4, 0.5) is 0 Å². The molecule has 2 aromatic carbocycles. The van der Waals surface area contributed by atoms with Crippen LogP contribution in [0.2, 0.25) is 0 Å². The minimum Gasteiger partial charge on any atom is -0.464 e. The number of benzene rings is 2. The number of carbonyl (C=O) groups excluding carboxylic acids is 1. The zero-order valence-corrected chi connectivity index (χ0v) is 15.6. The Balaban J connectivity index is 1.47. The maximum absolute atomic E-state index is 13.3. The number of ketones is 1. The first-order valence-corrected chi connectivity index (χ1v) is 9.69. The van der Waals surface area contributed by atoms with Crippen molar-refractivity contribution in [3.8, 4) is 0 Å². The first-order chi connectivity index (χ1) is 13.8. The number of para-hydroxylation sites is 1. The molecule has 0 amide bonds. The zero-order chi connectivity index (χ0) is 18.9. The van der Waals surface area contributed by atoms with Gasteiger partial charge in [0.2, 0.25) is 0 Å². The third-order valence-electron chi connectivity index (χ3n) is 5.51. The normalized spacial score (nSPS) is 15.4. The number of carbonyl (C=O) groups is 1. The minimum atomic E-state index is 0.0274. The Hall–Kier alpha value is -2.89. The number of rotatable bonds is 5. The third kappa shape index (κ3) is 3.13. The lowest BCUT2D eigenvalue weighted by Gasteiger charge is -2.26. The average Bonchev–Trinajstić information content (AvgIpc) is 3.36. The highest BCUT2D eigenvalue weighted by Gasteiger charge is 2.18. The zero-order valence-electron chi connectivity index (χ0n) is 15.6. The smallest absolute Gasteiger partial charge is 0.195 e. The van der Waals surface area contributed by atoms with Gasteiger partial charge in [-0.3, -0.25) is 9.69 Å². The Morgan fingerprint density at radius 3 is 2.75 bits per heavy atom. The van der Waals surface area contributed by atoms with E-state index in [1.807, 2.05) is 48.7 Å². The molecule has 5 nitrogen and oxygen atoms in total. The fourth-order valence-electron chi connectivity index (χ4n) is 3.94. The molecule has 0 radical (unpaired) electrons. The minimum absolute atomic E-state index is 0.0274. The van der Waals surface area contributed by atoms with Crippen LogP contribution in [-0.2, 0) is 11.3 Å². The van der Waals surface area contributed by atoms with Crippen LogP contribution in [0.5, 0.6) is 0 Å². The second-order valence-corrected chi connectivity index (χ2v) is 7.21. The lowest BCUT2D eigenvalue weighted by molar-refractivity contribution is 0.0365. The van der Waals surface area contributed by atoms with Crippen molar-refractivity contribution < 1.29 is 13.9 Å². The molecular formula is C23H22N2O3. The monoisotopic (exact) mass is 374 g/mol. The van der Waals surface area contributed by atoms with Crippen molar-refractivity contribution in [3.63, 3.8) is 0 Å². The van der Waals surface area contributed by atoms with Gasteiger partial charge >= 0.3 is 0 Å². The third-order valence-corrected chi connectivity index (χ3v) is 5.51. The van der Waals surface area contributed by atoms with Crippen molar-refractivity contribution in [3.05, 3.63) is 72.1 Å². The van der Waals surface area contributed by atoms with Crippen molar-refractivity contribution >= 4 is 27.7 Å². The molecule has 0 aliphatic carbocycles. The molecule has 0 spiro atoms. The second-order valence-electron chi connectivity index (χ2n) is 7.21. The van der Waals surface area contributed by atoms with Crippen molar-refractivity contribution in [1.29, 1.82) is 0 Å². The highest BCUT2D eigenvalue weighted by molar-refractivity contribution is 6.17. The number of nitrogens with zero attached hydrogens (tertiary/aromatic N) is 2. The molecule has 0 atom stereocenters. The molecule has 28 heavy (non-hydrogen) atoms. The lowest BCUT2D eigenvalue weighted by Crippen LogP contribution is -2.38. The van der Waals surface area contributed by atoms with Crippen LogP contribution < -0.4 is 0 Å². The van der Waals surface area contributed by atoms with Crippen LogP contribution in [0.1, 0.15) is 15.9 Å². The summed E-state index contributed by atoms with van der Waals surface area (Å²) in [5, 5.41) is 2.00. The molecule has 0 unspecified atom stereocenters. The van der Waals surface area contributed by atoms with E-state index >= 15 is 0 Å². The van der Waals surface area contributed by atoms with Gasteiger partial charge in [-0.25, -0.2) is 0 Å². The summed E-state index contributed by atoms with van der Waals surface area (Å²) in [6, 6.07) is 15.7. The average molecular weight is 374 g/mol. The molecule has 1 fully saturated rings. The largest absolute Gasteiger partial charge is 0.464 e. The van der Waals surface area contributed by atoms with Crippen LogP contribution in [0.15, 0.2) is 65.4 Å². The quantitative estimate of drug-likeness (QED) is 0.496. The molecule has 2 aromatic heterocycles. The lowest BCUT2D eigenvalue weighted by atomic mass is 10.0. The summed E-state index contributed by atoms with van der Waals surface area (Å²) >= 11 is 0. The van der Waals surface area contributed by atoms with Gasteiger partial charge in [-0.2, -0.15) is 0 Å². The van der Waals surface area contributed by atoms with Crippen LogP contribution in [-0.4, -0.2) is 48.1 Å². The molecule has 1 aliphatic heterocycles. The predicted octanol–water partition coefficient (Wildman–Crippen LogP) is 3.95. The second kappa shape index (κ2) is 7.26. The molecule has 1 aliphatic rings. The van der Waals surface area contributed by atoms with Gasteiger partial charge in [-0.15, -0.1) is 0 Å². The first kappa shape index (κ1) is 17.2. The van der Waals surface area contributed by atoms with E-state index in [2.05, 4.69) is 15.5 Å². The first-order valence-electron chi connectivity index (χ1n) is 9.69. The predicted molar refractivity (Wildman–Crippen MR) is 109 cm³/mol. The Morgan fingerprint density at radius 2 is 1.86 bits per heavy atom. The number of aromatic nitrogens is 1. The van der Waals surface area contributed by atoms with Gasteiger partial charge in [0.25, 0.3) is 0 Å². The number of hydrogen-bond acceptors (Lipinski definition) is 4. The van der Waals surface area contributed by atoms with Gasteiger partial charge in [0.15, 0.2) is 5.78 Å². The molecule has 0 bridgehead atoms. The highest BCUT2D eigenvalue weighted by atomic mass is 16.5. The fourth-order valence-corrected chi connectivity index (χ4v) is 3.94. The molecular weight excluding hydrogens is 352 g/mol. The summed E-state index contributed by atoms with van der Waals surface area (Å²) < 4.78 is 13.1. The van der Waals surface area contributed by atoms with E-state index in [9.17, 15) is 4.79 Å². The molecule has 0 saturated carbocycles. The van der Waals surface area contributed by atoms with Crippen molar-refractivity contribution in [2.24, 2.45) is 0 Å². The molecule has 3 heterocycles. The number of furan rings is 1. The van der Waals surface area contributed by atoms with Gasteiger partial charge in [-0.1, -0.05) is 30.3 Å². The fraction of sp³-hybridized carbons (Fsp3) is 0.261. The van der Waals surface area contributed by atoms with Crippen molar-refractivity contribution in [2.45, 2.75) is 6.54 Å². The molecule has 0 N–H and O–H groups in total. The van der Waals surface area contributed by atoms with Crippen LogP contribution >= 0.6 is 0 Å². The van der Waals surface area contributed by atoms with Gasteiger partial charge in [0, 0.05) is 59.8 Å². The maximum Gasteiger partial charge on any atom is 0.195 e. The Morgan fingerprint density at radius 1 is 1.00 bits per heavy atom. The van der Waals surface area contributed by atoms with Crippen molar-refractivity contribution in [2.75, 3.05) is 32.8 Å². The van der Waals surface area contributed by atoms with Crippen LogP contribution in [0, 0.1) is 0 Å². The molecule has 4 aromatic rings. The van der Waals surface area contributed by atoms with Crippen LogP contribution in [0.3, 0.4) is 0 Å². The van der Waals surface area contributed by atoms with Gasteiger partial charge in [0.05, 0.1) is 19.5 Å². The summed E-state index contributed by atoms with van der Waals surface area (Å²) in [6.45, 7) is 5.33.